The van der Waals surface area contributed by atoms with E-state index in [1.807, 2.05) is 12.1 Å². The van der Waals surface area contributed by atoms with E-state index in [-0.39, 0.29) is 24.1 Å². The molecular formula is C19H28N4O4S. The first-order valence-corrected chi connectivity index (χ1v) is 11.3. The highest BCUT2D eigenvalue weighted by Gasteiger charge is 2.27. The minimum atomic E-state index is -3.64. The molecule has 0 aliphatic carbocycles. The number of carbonyl (C=O) groups is 2. The Morgan fingerprint density at radius 3 is 2.18 bits per heavy atom. The van der Waals surface area contributed by atoms with Crippen LogP contribution >= 0.6 is 0 Å². The van der Waals surface area contributed by atoms with Crippen LogP contribution in [0.5, 0.6) is 0 Å². The second-order valence-corrected chi connectivity index (χ2v) is 9.33. The molecule has 0 atom stereocenters. The number of hydrogen-bond donors (Lipinski definition) is 1. The zero-order valence-electron chi connectivity index (χ0n) is 16.3. The summed E-state index contributed by atoms with van der Waals surface area (Å²) in [6, 6.07) is 7.35. The maximum Gasteiger partial charge on any atom is 0.234 e. The third kappa shape index (κ3) is 5.76. The Labute approximate surface area is 166 Å². The van der Waals surface area contributed by atoms with Crippen LogP contribution in [-0.4, -0.2) is 80.5 Å². The monoisotopic (exact) mass is 408 g/mol. The fourth-order valence-electron chi connectivity index (χ4n) is 3.43. The van der Waals surface area contributed by atoms with Gasteiger partial charge in [0.15, 0.2) is 0 Å². The van der Waals surface area contributed by atoms with Crippen molar-refractivity contribution in [3.8, 4) is 0 Å². The molecule has 0 radical (unpaired) electrons. The van der Waals surface area contributed by atoms with Gasteiger partial charge in [-0.25, -0.2) is 8.42 Å². The maximum absolute atomic E-state index is 12.3. The largest absolute Gasteiger partial charge is 0.304 e. The Bertz CT molecular complexity index is 786. The van der Waals surface area contributed by atoms with Gasteiger partial charge in [-0.15, -0.1) is 0 Å². The summed E-state index contributed by atoms with van der Waals surface area (Å²) in [6.07, 6.45) is 1.14. The van der Waals surface area contributed by atoms with Crippen molar-refractivity contribution in [2.24, 2.45) is 0 Å². The van der Waals surface area contributed by atoms with Gasteiger partial charge in [0.1, 0.15) is 0 Å². The summed E-state index contributed by atoms with van der Waals surface area (Å²) in [6.45, 7) is 4.91. The van der Waals surface area contributed by atoms with Crippen LogP contribution < -0.4 is 4.72 Å². The molecule has 2 aliphatic heterocycles. The van der Waals surface area contributed by atoms with Gasteiger partial charge >= 0.3 is 0 Å². The Balaban J connectivity index is 1.51. The summed E-state index contributed by atoms with van der Waals surface area (Å²) in [7, 11) is -1.52. The summed E-state index contributed by atoms with van der Waals surface area (Å²) in [5.41, 5.74) is 1.62. The number of likely N-dealkylation sites (N-methyl/N-ethyl adjacent to an activating group) is 1. The molecule has 28 heavy (non-hydrogen) atoms. The number of piperazine rings is 1. The van der Waals surface area contributed by atoms with E-state index in [0.717, 1.165) is 43.2 Å². The Hall–Kier alpha value is -1.97. The van der Waals surface area contributed by atoms with Gasteiger partial charge in [0, 0.05) is 57.8 Å². The summed E-state index contributed by atoms with van der Waals surface area (Å²) < 4.78 is 27.2. The smallest absolute Gasteiger partial charge is 0.234 e. The number of nitrogens with one attached hydrogen (secondary N) is 1. The highest BCUT2D eigenvalue weighted by atomic mass is 32.2. The van der Waals surface area contributed by atoms with Crippen molar-refractivity contribution in [3.63, 3.8) is 0 Å². The standard InChI is InChI=1S/C19H28N4O4S/c1-21-9-11-22(12-10-21)15-16-5-7-17(8-6-16)20-28(26,27)14-13-23-18(24)3-2-4-19(23)25/h5-8,20H,2-4,9-15H2,1H3. The van der Waals surface area contributed by atoms with Gasteiger partial charge in [0.25, 0.3) is 0 Å². The molecule has 1 aromatic carbocycles. The van der Waals surface area contributed by atoms with Crippen molar-refractivity contribution in [2.75, 3.05) is 50.2 Å². The number of amides is 2. The quantitative estimate of drug-likeness (QED) is 0.669. The molecule has 9 heteroatoms. The highest BCUT2D eigenvalue weighted by Crippen LogP contribution is 2.15. The molecule has 1 N–H and O–H groups in total. The second-order valence-electron chi connectivity index (χ2n) is 7.49. The lowest BCUT2D eigenvalue weighted by atomic mass is 10.1. The third-order valence-corrected chi connectivity index (χ3v) is 6.46. The number of likely N-dealkylation sites (tertiary alicyclic amines) is 1. The van der Waals surface area contributed by atoms with Gasteiger partial charge in [-0.2, -0.15) is 0 Å². The van der Waals surface area contributed by atoms with Crippen LogP contribution in [0.3, 0.4) is 0 Å². The van der Waals surface area contributed by atoms with Crippen molar-refractivity contribution in [1.29, 1.82) is 0 Å². The molecule has 0 saturated carbocycles. The maximum atomic E-state index is 12.3. The normalized spacial score (nSPS) is 19.8. The van der Waals surface area contributed by atoms with E-state index < -0.39 is 10.0 Å². The number of benzene rings is 1. The van der Waals surface area contributed by atoms with E-state index in [4.69, 9.17) is 0 Å². The van der Waals surface area contributed by atoms with Crippen LogP contribution in [0.1, 0.15) is 24.8 Å². The number of nitrogens with zero attached hydrogens (tertiary/aromatic N) is 3. The van der Waals surface area contributed by atoms with Crippen molar-refractivity contribution in [2.45, 2.75) is 25.8 Å². The number of sulfonamides is 1. The molecule has 8 nitrogen and oxygen atoms in total. The third-order valence-electron chi connectivity index (χ3n) is 5.20. The molecule has 0 aromatic heterocycles. The molecule has 2 fully saturated rings. The number of rotatable bonds is 7. The topological polar surface area (TPSA) is 90.0 Å². The average Bonchev–Trinajstić information content (AvgIpc) is 2.64. The Kier molecular flexibility index (Phi) is 6.69. The van der Waals surface area contributed by atoms with E-state index in [9.17, 15) is 18.0 Å². The predicted molar refractivity (Wildman–Crippen MR) is 107 cm³/mol. The molecule has 2 aliphatic rings. The second kappa shape index (κ2) is 9.02. The molecule has 2 saturated heterocycles. The van der Waals surface area contributed by atoms with Gasteiger partial charge < -0.3 is 4.90 Å². The lowest BCUT2D eigenvalue weighted by Gasteiger charge is -2.32. The van der Waals surface area contributed by atoms with Crippen LogP contribution in [0, 0.1) is 0 Å². The summed E-state index contributed by atoms with van der Waals surface area (Å²) in [5.74, 6) is -0.882. The van der Waals surface area contributed by atoms with Gasteiger partial charge in [0.2, 0.25) is 21.8 Å². The van der Waals surface area contributed by atoms with Crippen LogP contribution in [0.2, 0.25) is 0 Å². The van der Waals surface area contributed by atoms with Crippen LogP contribution in [-0.2, 0) is 26.2 Å². The van der Waals surface area contributed by atoms with E-state index in [1.165, 1.54) is 0 Å². The van der Waals surface area contributed by atoms with E-state index in [1.54, 1.807) is 12.1 Å². The van der Waals surface area contributed by atoms with Gasteiger partial charge in [-0.3, -0.25) is 24.1 Å². The number of anilines is 1. The summed E-state index contributed by atoms with van der Waals surface area (Å²) in [5, 5.41) is 0. The molecule has 3 rings (SSSR count). The highest BCUT2D eigenvalue weighted by molar-refractivity contribution is 7.92. The Morgan fingerprint density at radius 2 is 1.57 bits per heavy atom. The van der Waals surface area contributed by atoms with Crippen LogP contribution in [0.4, 0.5) is 5.69 Å². The number of hydrogen-bond acceptors (Lipinski definition) is 6. The van der Waals surface area contributed by atoms with Gasteiger partial charge in [0.05, 0.1) is 5.75 Å². The van der Waals surface area contributed by atoms with Crippen molar-refractivity contribution < 1.29 is 18.0 Å². The SMILES string of the molecule is CN1CCN(Cc2ccc(NS(=O)(=O)CCN3C(=O)CCCC3=O)cc2)CC1. The van der Waals surface area contributed by atoms with Crippen LogP contribution in [0.15, 0.2) is 24.3 Å². The first-order valence-electron chi connectivity index (χ1n) is 9.66. The molecule has 0 bridgehead atoms. The first kappa shape index (κ1) is 20.8. The van der Waals surface area contributed by atoms with Crippen molar-refractivity contribution >= 4 is 27.5 Å². The van der Waals surface area contributed by atoms with E-state index in [2.05, 4.69) is 21.6 Å². The zero-order valence-corrected chi connectivity index (χ0v) is 17.1. The average molecular weight is 409 g/mol. The van der Waals surface area contributed by atoms with E-state index >= 15 is 0 Å². The lowest BCUT2D eigenvalue weighted by Crippen LogP contribution is -2.43. The summed E-state index contributed by atoms with van der Waals surface area (Å²) in [4.78, 5) is 29.3. The van der Waals surface area contributed by atoms with Gasteiger partial charge in [-0.05, 0) is 31.2 Å². The molecule has 0 unspecified atom stereocenters. The molecule has 2 heterocycles. The fourth-order valence-corrected chi connectivity index (χ4v) is 4.45. The Morgan fingerprint density at radius 1 is 0.964 bits per heavy atom. The molecule has 0 spiro atoms. The molecule has 154 valence electrons. The number of carbonyl (C=O) groups excluding carboxylic acids is 2. The molecule has 1 aromatic rings. The van der Waals surface area contributed by atoms with Gasteiger partial charge in [-0.1, -0.05) is 12.1 Å². The van der Waals surface area contributed by atoms with E-state index in [0.29, 0.717) is 24.9 Å². The zero-order chi connectivity index (χ0) is 20.1. The molecular weight excluding hydrogens is 380 g/mol. The minimum absolute atomic E-state index is 0.103. The van der Waals surface area contributed by atoms with Crippen molar-refractivity contribution in [1.82, 2.24) is 14.7 Å². The predicted octanol–water partition coefficient (Wildman–Crippen LogP) is 0.715. The van der Waals surface area contributed by atoms with Crippen LogP contribution in [0.25, 0.3) is 0 Å². The summed E-state index contributed by atoms with van der Waals surface area (Å²) >= 11 is 0. The first-order chi connectivity index (χ1) is 13.3. The molecule has 2 amide bonds. The van der Waals surface area contributed by atoms with Crippen molar-refractivity contribution in [3.05, 3.63) is 29.8 Å². The minimum Gasteiger partial charge on any atom is -0.304 e. The lowest BCUT2D eigenvalue weighted by molar-refractivity contribution is -0.147. The number of piperidine rings is 1. The number of imide groups is 1. The fraction of sp³-hybridized carbons (Fsp3) is 0.579.